The lowest BCUT2D eigenvalue weighted by atomic mass is 10.1. The molecule has 0 aliphatic carbocycles. The molecule has 4 nitrogen and oxygen atoms in total. The Balaban J connectivity index is 2.24. The van der Waals surface area contributed by atoms with Crippen LogP contribution in [0.2, 0.25) is 5.02 Å². The number of aromatic carboxylic acids is 1. The Morgan fingerprint density at radius 3 is 2.79 bits per heavy atom. The number of nitrogens with one attached hydrogen (secondary N) is 1. The van der Waals surface area contributed by atoms with Crippen LogP contribution in [0, 0.1) is 0 Å². The van der Waals surface area contributed by atoms with E-state index in [0.29, 0.717) is 10.7 Å². The van der Waals surface area contributed by atoms with E-state index < -0.39 is 5.97 Å². The lowest BCUT2D eigenvalue weighted by Gasteiger charge is -1.99. The van der Waals surface area contributed by atoms with Crippen molar-refractivity contribution in [2.24, 2.45) is 0 Å². The standard InChI is InChI=1S/C14H9ClN2O2/c15-10-3-1-2-8(6-10)13-11-7-9(14(18)19)4-5-12(11)16-17-13/h1-7H,(H,16,17)(H,18,19). The van der Waals surface area contributed by atoms with Crippen LogP contribution >= 0.6 is 11.6 Å². The summed E-state index contributed by atoms with van der Waals surface area (Å²) in [5, 5.41) is 17.5. The minimum absolute atomic E-state index is 0.233. The quantitative estimate of drug-likeness (QED) is 0.749. The Morgan fingerprint density at radius 2 is 2.05 bits per heavy atom. The molecular weight excluding hydrogens is 264 g/mol. The third-order valence-corrected chi connectivity index (χ3v) is 3.14. The number of carboxylic acids is 1. The van der Waals surface area contributed by atoms with Gasteiger partial charge in [0.25, 0.3) is 0 Å². The van der Waals surface area contributed by atoms with Gasteiger partial charge in [0.2, 0.25) is 0 Å². The van der Waals surface area contributed by atoms with Crippen LogP contribution in [0.5, 0.6) is 0 Å². The molecule has 0 bridgehead atoms. The first-order valence-electron chi connectivity index (χ1n) is 5.62. The molecule has 0 unspecified atom stereocenters. The van der Waals surface area contributed by atoms with Gasteiger partial charge in [-0.05, 0) is 30.3 Å². The molecule has 5 heteroatoms. The van der Waals surface area contributed by atoms with E-state index in [0.717, 1.165) is 16.5 Å². The first-order chi connectivity index (χ1) is 9.15. The average molecular weight is 273 g/mol. The number of aromatic nitrogens is 2. The summed E-state index contributed by atoms with van der Waals surface area (Å²) in [6.45, 7) is 0. The van der Waals surface area contributed by atoms with Crippen molar-refractivity contribution in [3.05, 3.63) is 53.1 Å². The number of aromatic amines is 1. The van der Waals surface area contributed by atoms with E-state index in [4.69, 9.17) is 16.7 Å². The number of carbonyl (C=O) groups is 1. The van der Waals surface area contributed by atoms with Gasteiger partial charge in [-0.1, -0.05) is 23.7 Å². The largest absolute Gasteiger partial charge is 0.478 e. The predicted octanol–water partition coefficient (Wildman–Crippen LogP) is 3.58. The predicted molar refractivity (Wildman–Crippen MR) is 73.5 cm³/mol. The van der Waals surface area contributed by atoms with Gasteiger partial charge in [-0.25, -0.2) is 4.79 Å². The van der Waals surface area contributed by atoms with Gasteiger partial charge in [-0.2, -0.15) is 5.10 Å². The molecule has 0 aliphatic heterocycles. The number of H-pyrrole nitrogens is 1. The van der Waals surface area contributed by atoms with E-state index in [1.807, 2.05) is 12.1 Å². The van der Waals surface area contributed by atoms with Crippen molar-refractivity contribution in [1.29, 1.82) is 0 Å². The van der Waals surface area contributed by atoms with Crippen LogP contribution in [0.3, 0.4) is 0 Å². The van der Waals surface area contributed by atoms with E-state index in [9.17, 15) is 4.79 Å². The highest BCUT2D eigenvalue weighted by Gasteiger charge is 2.11. The van der Waals surface area contributed by atoms with Crippen molar-refractivity contribution in [2.45, 2.75) is 0 Å². The highest BCUT2D eigenvalue weighted by atomic mass is 35.5. The van der Waals surface area contributed by atoms with Crippen molar-refractivity contribution in [1.82, 2.24) is 10.2 Å². The smallest absolute Gasteiger partial charge is 0.335 e. The zero-order chi connectivity index (χ0) is 13.4. The fourth-order valence-corrected chi connectivity index (χ4v) is 2.19. The van der Waals surface area contributed by atoms with E-state index in [2.05, 4.69) is 10.2 Å². The molecule has 2 N–H and O–H groups in total. The zero-order valence-electron chi connectivity index (χ0n) is 9.72. The second-order valence-corrected chi connectivity index (χ2v) is 4.58. The van der Waals surface area contributed by atoms with Gasteiger partial charge in [0.15, 0.2) is 0 Å². The number of hydrogen-bond acceptors (Lipinski definition) is 2. The highest BCUT2D eigenvalue weighted by Crippen LogP contribution is 2.28. The van der Waals surface area contributed by atoms with Gasteiger partial charge in [-0.15, -0.1) is 0 Å². The zero-order valence-corrected chi connectivity index (χ0v) is 10.5. The monoisotopic (exact) mass is 272 g/mol. The van der Waals surface area contributed by atoms with Crippen LogP contribution in [-0.2, 0) is 0 Å². The highest BCUT2D eigenvalue weighted by molar-refractivity contribution is 6.30. The summed E-state index contributed by atoms with van der Waals surface area (Å²) in [5.41, 5.74) is 2.57. The Bertz CT molecular complexity index is 780. The molecule has 0 saturated heterocycles. The van der Waals surface area contributed by atoms with Gasteiger partial charge >= 0.3 is 5.97 Å². The van der Waals surface area contributed by atoms with Crippen molar-refractivity contribution in [3.8, 4) is 11.3 Å². The number of rotatable bonds is 2. The topological polar surface area (TPSA) is 66.0 Å². The van der Waals surface area contributed by atoms with Crippen LogP contribution in [-0.4, -0.2) is 21.3 Å². The number of carboxylic acid groups (broad SMARTS) is 1. The molecule has 0 atom stereocenters. The van der Waals surface area contributed by atoms with E-state index in [1.54, 1.807) is 30.3 Å². The fraction of sp³-hybridized carbons (Fsp3) is 0. The molecule has 94 valence electrons. The Labute approximate surface area is 113 Å². The average Bonchev–Trinajstić information content (AvgIpc) is 2.81. The molecule has 0 fully saturated rings. The van der Waals surface area contributed by atoms with E-state index in [-0.39, 0.29) is 5.56 Å². The molecule has 3 rings (SSSR count). The summed E-state index contributed by atoms with van der Waals surface area (Å²) in [7, 11) is 0. The minimum Gasteiger partial charge on any atom is -0.478 e. The second kappa shape index (κ2) is 4.40. The Kier molecular flexibility index (Phi) is 2.72. The summed E-state index contributed by atoms with van der Waals surface area (Å²) in [6, 6.07) is 12.2. The molecule has 1 aromatic heterocycles. The molecular formula is C14H9ClN2O2. The molecule has 0 spiro atoms. The lowest BCUT2D eigenvalue weighted by molar-refractivity contribution is 0.0697. The molecule has 3 aromatic rings. The minimum atomic E-state index is -0.958. The number of nitrogens with zero attached hydrogens (tertiary/aromatic N) is 1. The SMILES string of the molecule is O=C(O)c1ccc2[nH]nc(-c3cccc(Cl)c3)c2c1. The van der Waals surface area contributed by atoms with E-state index >= 15 is 0 Å². The summed E-state index contributed by atoms with van der Waals surface area (Å²) in [4.78, 5) is 11.0. The maximum Gasteiger partial charge on any atom is 0.335 e. The number of fused-ring (bicyclic) bond motifs is 1. The fourth-order valence-electron chi connectivity index (χ4n) is 2.00. The van der Waals surface area contributed by atoms with Gasteiger partial charge in [0, 0.05) is 16.0 Å². The lowest BCUT2D eigenvalue weighted by Crippen LogP contribution is -1.94. The number of benzene rings is 2. The molecule has 0 saturated carbocycles. The number of halogens is 1. The summed E-state index contributed by atoms with van der Waals surface area (Å²) >= 11 is 5.96. The Hall–Kier alpha value is -2.33. The van der Waals surface area contributed by atoms with Gasteiger partial charge in [0.1, 0.15) is 0 Å². The summed E-state index contributed by atoms with van der Waals surface area (Å²) < 4.78 is 0. The van der Waals surface area contributed by atoms with Crippen LogP contribution < -0.4 is 0 Å². The molecule has 0 aliphatic rings. The van der Waals surface area contributed by atoms with Crippen LogP contribution in [0.1, 0.15) is 10.4 Å². The van der Waals surface area contributed by atoms with Crippen molar-refractivity contribution in [3.63, 3.8) is 0 Å². The van der Waals surface area contributed by atoms with Crippen molar-refractivity contribution in [2.75, 3.05) is 0 Å². The molecule has 0 radical (unpaired) electrons. The van der Waals surface area contributed by atoms with Crippen LogP contribution in [0.4, 0.5) is 0 Å². The maximum absolute atomic E-state index is 11.0. The molecule has 1 heterocycles. The van der Waals surface area contributed by atoms with Crippen LogP contribution in [0.15, 0.2) is 42.5 Å². The van der Waals surface area contributed by atoms with E-state index in [1.165, 1.54) is 0 Å². The third-order valence-electron chi connectivity index (χ3n) is 2.91. The Morgan fingerprint density at radius 1 is 1.21 bits per heavy atom. The van der Waals surface area contributed by atoms with Gasteiger partial charge in [0.05, 0.1) is 16.8 Å². The summed E-state index contributed by atoms with van der Waals surface area (Å²) in [6.07, 6.45) is 0. The number of hydrogen-bond donors (Lipinski definition) is 2. The summed E-state index contributed by atoms with van der Waals surface area (Å²) in [5.74, 6) is -0.958. The third kappa shape index (κ3) is 2.06. The molecule has 0 amide bonds. The first-order valence-corrected chi connectivity index (χ1v) is 6.00. The molecule has 2 aromatic carbocycles. The first kappa shape index (κ1) is 11.7. The normalized spacial score (nSPS) is 10.8. The second-order valence-electron chi connectivity index (χ2n) is 4.15. The molecule has 19 heavy (non-hydrogen) atoms. The van der Waals surface area contributed by atoms with Crippen molar-refractivity contribution < 1.29 is 9.90 Å². The van der Waals surface area contributed by atoms with Gasteiger partial charge in [-0.3, -0.25) is 5.10 Å². The van der Waals surface area contributed by atoms with Crippen LogP contribution in [0.25, 0.3) is 22.2 Å². The maximum atomic E-state index is 11.0. The van der Waals surface area contributed by atoms with Gasteiger partial charge < -0.3 is 5.11 Å². The van der Waals surface area contributed by atoms with Crippen molar-refractivity contribution >= 4 is 28.5 Å².